The van der Waals surface area contributed by atoms with Crippen LogP contribution >= 0.6 is 0 Å². The van der Waals surface area contributed by atoms with Crippen molar-refractivity contribution < 1.29 is 9.59 Å². The standard InChI is InChI=1S/C13H16N2O2/c1-9(16)11-3-2-4-12(6-11)15-13(17)5-10-7-14-8-10/h2-4,6,10,14H,5,7-8H2,1H3,(H,15,17). The maximum absolute atomic E-state index is 11.7. The van der Waals surface area contributed by atoms with E-state index in [9.17, 15) is 9.59 Å². The van der Waals surface area contributed by atoms with Crippen molar-refractivity contribution in [3.8, 4) is 0 Å². The second-order valence-electron chi connectivity index (χ2n) is 4.41. The Balaban J connectivity index is 1.95. The molecule has 0 saturated carbocycles. The number of carbonyl (C=O) groups is 2. The van der Waals surface area contributed by atoms with Crippen LogP contribution in [0, 0.1) is 5.92 Å². The van der Waals surface area contributed by atoms with Crippen LogP contribution in [0.5, 0.6) is 0 Å². The minimum absolute atomic E-state index is 0.00397. The molecular formula is C13H16N2O2. The number of carbonyl (C=O) groups excluding carboxylic acids is 2. The van der Waals surface area contributed by atoms with Gasteiger partial charge in [-0.25, -0.2) is 0 Å². The van der Waals surface area contributed by atoms with Crippen LogP contribution < -0.4 is 10.6 Å². The Bertz CT molecular complexity index is 439. The molecule has 0 radical (unpaired) electrons. The van der Waals surface area contributed by atoms with E-state index in [1.807, 2.05) is 0 Å². The highest BCUT2D eigenvalue weighted by molar-refractivity contribution is 5.97. The third-order valence-electron chi connectivity index (χ3n) is 2.89. The molecule has 1 aliphatic rings. The van der Waals surface area contributed by atoms with Gasteiger partial charge >= 0.3 is 0 Å². The summed E-state index contributed by atoms with van der Waals surface area (Å²) in [5.41, 5.74) is 1.31. The lowest BCUT2D eigenvalue weighted by atomic mass is 9.99. The highest BCUT2D eigenvalue weighted by atomic mass is 16.1. The predicted octanol–water partition coefficient (Wildman–Crippen LogP) is 1.44. The molecule has 4 nitrogen and oxygen atoms in total. The lowest BCUT2D eigenvalue weighted by molar-refractivity contribution is -0.117. The first-order chi connectivity index (χ1) is 8.15. The molecule has 1 aliphatic heterocycles. The zero-order valence-corrected chi connectivity index (χ0v) is 9.82. The van der Waals surface area contributed by atoms with E-state index in [0.29, 0.717) is 23.6 Å². The first-order valence-electron chi connectivity index (χ1n) is 5.77. The molecule has 2 rings (SSSR count). The number of rotatable bonds is 4. The van der Waals surface area contributed by atoms with Crippen LogP contribution in [-0.4, -0.2) is 24.8 Å². The van der Waals surface area contributed by atoms with Gasteiger partial charge in [-0.3, -0.25) is 9.59 Å². The molecule has 0 atom stereocenters. The van der Waals surface area contributed by atoms with Gasteiger partial charge in [0.1, 0.15) is 0 Å². The van der Waals surface area contributed by atoms with Gasteiger partial charge in [-0.15, -0.1) is 0 Å². The normalized spacial score (nSPS) is 15.1. The Morgan fingerprint density at radius 1 is 1.41 bits per heavy atom. The minimum Gasteiger partial charge on any atom is -0.326 e. The van der Waals surface area contributed by atoms with E-state index in [0.717, 1.165) is 13.1 Å². The molecule has 4 heteroatoms. The maximum Gasteiger partial charge on any atom is 0.224 e. The first kappa shape index (κ1) is 11.8. The smallest absolute Gasteiger partial charge is 0.224 e. The highest BCUT2D eigenvalue weighted by Gasteiger charge is 2.20. The Morgan fingerprint density at radius 2 is 2.18 bits per heavy atom. The molecule has 17 heavy (non-hydrogen) atoms. The number of amides is 1. The summed E-state index contributed by atoms with van der Waals surface area (Å²) in [7, 11) is 0. The first-order valence-corrected chi connectivity index (χ1v) is 5.77. The van der Waals surface area contributed by atoms with Gasteiger partial charge in [-0.1, -0.05) is 12.1 Å². The van der Waals surface area contributed by atoms with E-state index in [1.165, 1.54) is 6.92 Å². The van der Waals surface area contributed by atoms with Crippen molar-refractivity contribution in [2.45, 2.75) is 13.3 Å². The van der Waals surface area contributed by atoms with E-state index in [1.54, 1.807) is 24.3 Å². The average Bonchev–Trinajstić information content (AvgIpc) is 2.24. The van der Waals surface area contributed by atoms with Gasteiger partial charge in [0.15, 0.2) is 5.78 Å². The van der Waals surface area contributed by atoms with Crippen molar-refractivity contribution in [1.82, 2.24) is 5.32 Å². The largest absolute Gasteiger partial charge is 0.326 e. The summed E-state index contributed by atoms with van der Waals surface area (Å²) in [5, 5.41) is 5.95. The van der Waals surface area contributed by atoms with Gasteiger partial charge in [0.25, 0.3) is 0 Å². The molecule has 1 aromatic rings. The summed E-state index contributed by atoms with van der Waals surface area (Å²) in [5.74, 6) is 0.465. The molecule has 1 amide bonds. The Kier molecular flexibility index (Phi) is 3.54. The molecule has 0 aliphatic carbocycles. The van der Waals surface area contributed by atoms with Gasteiger partial charge in [0, 0.05) is 17.7 Å². The monoisotopic (exact) mass is 232 g/mol. The topological polar surface area (TPSA) is 58.2 Å². The summed E-state index contributed by atoms with van der Waals surface area (Å²) in [6, 6.07) is 7.02. The summed E-state index contributed by atoms with van der Waals surface area (Å²) in [6.45, 7) is 3.35. The van der Waals surface area contributed by atoms with Crippen molar-refractivity contribution in [1.29, 1.82) is 0 Å². The molecule has 90 valence electrons. The number of hydrogen-bond donors (Lipinski definition) is 2. The van der Waals surface area contributed by atoms with Crippen LogP contribution in [0.1, 0.15) is 23.7 Å². The van der Waals surface area contributed by atoms with Crippen molar-refractivity contribution in [2.24, 2.45) is 5.92 Å². The molecule has 0 bridgehead atoms. The van der Waals surface area contributed by atoms with Crippen LogP contribution in [0.4, 0.5) is 5.69 Å². The summed E-state index contributed by atoms with van der Waals surface area (Å²) in [4.78, 5) is 22.9. The number of anilines is 1. The van der Waals surface area contributed by atoms with Gasteiger partial charge in [0.05, 0.1) is 0 Å². The van der Waals surface area contributed by atoms with Crippen LogP contribution in [-0.2, 0) is 4.79 Å². The van der Waals surface area contributed by atoms with Crippen molar-refractivity contribution in [2.75, 3.05) is 18.4 Å². The summed E-state index contributed by atoms with van der Waals surface area (Å²) < 4.78 is 0. The fourth-order valence-corrected chi connectivity index (χ4v) is 1.78. The summed E-state index contributed by atoms with van der Waals surface area (Å²) >= 11 is 0. The molecule has 1 saturated heterocycles. The van der Waals surface area contributed by atoms with E-state index in [4.69, 9.17) is 0 Å². The third kappa shape index (κ3) is 3.14. The van der Waals surface area contributed by atoms with Crippen molar-refractivity contribution in [3.63, 3.8) is 0 Å². The number of benzene rings is 1. The number of ketones is 1. The van der Waals surface area contributed by atoms with Gasteiger partial charge in [0.2, 0.25) is 5.91 Å². The predicted molar refractivity (Wildman–Crippen MR) is 66.1 cm³/mol. The number of Topliss-reactive ketones (excluding diaryl/α,β-unsaturated/α-hetero) is 1. The van der Waals surface area contributed by atoms with Gasteiger partial charge in [-0.2, -0.15) is 0 Å². The Labute approximate surface area is 100 Å². The van der Waals surface area contributed by atoms with Crippen molar-refractivity contribution >= 4 is 17.4 Å². The van der Waals surface area contributed by atoms with Crippen LogP contribution in [0.25, 0.3) is 0 Å². The van der Waals surface area contributed by atoms with Crippen LogP contribution in [0.15, 0.2) is 24.3 Å². The lowest BCUT2D eigenvalue weighted by Gasteiger charge is -2.26. The van der Waals surface area contributed by atoms with E-state index < -0.39 is 0 Å². The van der Waals surface area contributed by atoms with Crippen LogP contribution in [0.2, 0.25) is 0 Å². The second-order valence-corrected chi connectivity index (χ2v) is 4.41. The number of hydrogen-bond acceptors (Lipinski definition) is 3. The van der Waals surface area contributed by atoms with Crippen LogP contribution in [0.3, 0.4) is 0 Å². The number of nitrogens with one attached hydrogen (secondary N) is 2. The molecule has 0 unspecified atom stereocenters. The Hall–Kier alpha value is -1.68. The third-order valence-corrected chi connectivity index (χ3v) is 2.89. The van der Waals surface area contributed by atoms with Gasteiger partial charge in [-0.05, 0) is 38.1 Å². The molecular weight excluding hydrogens is 216 g/mol. The fourth-order valence-electron chi connectivity index (χ4n) is 1.78. The fraction of sp³-hybridized carbons (Fsp3) is 0.385. The molecule has 1 aromatic carbocycles. The SMILES string of the molecule is CC(=O)c1cccc(NC(=O)CC2CNC2)c1. The van der Waals surface area contributed by atoms with E-state index >= 15 is 0 Å². The zero-order chi connectivity index (χ0) is 12.3. The highest BCUT2D eigenvalue weighted by Crippen LogP contribution is 2.14. The quantitative estimate of drug-likeness (QED) is 0.772. The molecule has 0 aromatic heterocycles. The average molecular weight is 232 g/mol. The summed E-state index contributed by atoms with van der Waals surface area (Å²) in [6.07, 6.45) is 0.539. The molecule has 2 N–H and O–H groups in total. The molecule has 1 fully saturated rings. The van der Waals surface area contributed by atoms with Gasteiger partial charge < -0.3 is 10.6 Å². The molecule has 1 heterocycles. The molecule has 0 spiro atoms. The van der Waals surface area contributed by atoms with E-state index in [-0.39, 0.29) is 11.7 Å². The lowest BCUT2D eigenvalue weighted by Crippen LogP contribution is -2.43. The Morgan fingerprint density at radius 3 is 2.76 bits per heavy atom. The second kappa shape index (κ2) is 5.10. The minimum atomic E-state index is 0.00397. The van der Waals surface area contributed by atoms with E-state index in [2.05, 4.69) is 10.6 Å². The van der Waals surface area contributed by atoms with Crippen molar-refractivity contribution in [3.05, 3.63) is 29.8 Å². The zero-order valence-electron chi connectivity index (χ0n) is 9.82. The maximum atomic E-state index is 11.7.